The second kappa shape index (κ2) is 35.1. The van der Waals surface area contributed by atoms with Crippen molar-refractivity contribution in [3.8, 4) is 11.5 Å². The average Bonchev–Trinajstić information content (AvgIpc) is 3.07. The van der Waals surface area contributed by atoms with Gasteiger partial charge in [-0.05, 0) is 37.0 Å². The highest BCUT2D eigenvalue weighted by molar-refractivity contribution is 5.43. The summed E-state index contributed by atoms with van der Waals surface area (Å²) in [6.07, 6.45) is 45.8. The number of hydrogen-bond acceptors (Lipinski definition) is 2. The van der Waals surface area contributed by atoms with Gasteiger partial charge in [0, 0.05) is 0 Å². The number of rotatable bonds is 37. The molecule has 0 amide bonds. The fraction of sp³-hybridized carbons (Fsp3) is 0.864. The van der Waals surface area contributed by atoms with Crippen LogP contribution in [0.4, 0.5) is 0 Å². The van der Waals surface area contributed by atoms with E-state index in [1.54, 1.807) is 0 Å². The molecule has 0 bridgehead atoms. The molecular weight excluding hydrogens is 560 g/mol. The summed E-state index contributed by atoms with van der Waals surface area (Å²) >= 11 is 0. The van der Waals surface area contributed by atoms with E-state index in [9.17, 15) is 0 Å². The summed E-state index contributed by atoms with van der Waals surface area (Å²) in [6.45, 7) is 8.43. The molecule has 2 nitrogen and oxygen atoms in total. The molecule has 2 heteroatoms. The largest absolute Gasteiger partial charge is 0.490 e. The van der Waals surface area contributed by atoms with E-state index in [0.717, 1.165) is 44.0 Å². The molecule has 1 rings (SSSR count). The Hall–Kier alpha value is -1.18. The van der Waals surface area contributed by atoms with Gasteiger partial charge in [-0.3, -0.25) is 0 Å². The van der Waals surface area contributed by atoms with Crippen LogP contribution in [0.5, 0.6) is 11.5 Å². The van der Waals surface area contributed by atoms with Gasteiger partial charge in [0.1, 0.15) is 0 Å². The molecule has 0 heterocycles. The molecule has 0 spiro atoms. The van der Waals surface area contributed by atoms with E-state index >= 15 is 0 Å². The van der Waals surface area contributed by atoms with E-state index in [1.165, 1.54) is 198 Å². The van der Waals surface area contributed by atoms with Crippen molar-refractivity contribution in [1.82, 2.24) is 0 Å². The lowest BCUT2D eigenvalue weighted by Gasteiger charge is -2.14. The van der Waals surface area contributed by atoms with Gasteiger partial charge in [0.2, 0.25) is 0 Å². The highest BCUT2D eigenvalue weighted by atomic mass is 16.5. The Labute approximate surface area is 290 Å². The molecular formula is C44H82O2. The highest BCUT2D eigenvalue weighted by Gasteiger charge is 2.07. The van der Waals surface area contributed by atoms with Crippen molar-refractivity contribution >= 4 is 0 Å². The number of hydrogen-bond donors (Lipinski definition) is 0. The summed E-state index contributed by atoms with van der Waals surface area (Å²) < 4.78 is 12.5. The smallest absolute Gasteiger partial charge is 0.161 e. The van der Waals surface area contributed by atoms with Gasteiger partial charge in [-0.1, -0.05) is 219 Å². The number of aryl methyl sites for hydroxylation is 1. The normalized spacial score (nSPS) is 11.4. The molecule has 0 fully saturated rings. The van der Waals surface area contributed by atoms with Crippen molar-refractivity contribution in [1.29, 1.82) is 0 Å². The molecule has 0 aromatic heterocycles. The number of unbranched alkanes of at least 4 members (excludes halogenated alkanes) is 30. The first-order valence-corrected chi connectivity index (χ1v) is 21.2. The minimum absolute atomic E-state index is 0.805. The third-order valence-electron chi connectivity index (χ3n) is 9.93. The first kappa shape index (κ1) is 42.8. The fourth-order valence-corrected chi connectivity index (χ4v) is 6.67. The topological polar surface area (TPSA) is 18.5 Å². The van der Waals surface area contributed by atoms with Gasteiger partial charge in [0.25, 0.3) is 0 Å². The maximum absolute atomic E-state index is 6.26. The van der Waals surface area contributed by atoms with Crippen molar-refractivity contribution in [3.63, 3.8) is 0 Å². The first-order valence-electron chi connectivity index (χ1n) is 21.2. The Morgan fingerprint density at radius 2 is 0.609 bits per heavy atom. The Kier molecular flexibility index (Phi) is 32.7. The van der Waals surface area contributed by atoms with E-state index in [4.69, 9.17) is 9.47 Å². The number of ether oxygens (including phenoxy) is 2. The molecule has 1 aromatic rings. The maximum Gasteiger partial charge on any atom is 0.161 e. The van der Waals surface area contributed by atoms with Crippen LogP contribution in [0.25, 0.3) is 0 Å². The van der Waals surface area contributed by atoms with Gasteiger partial charge in [-0.15, -0.1) is 0 Å². The summed E-state index contributed by atoms with van der Waals surface area (Å²) in [6, 6.07) is 6.54. The Balaban J connectivity index is 1.98. The zero-order valence-electron chi connectivity index (χ0n) is 31.8. The fourth-order valence-electron chi connectivity index (χ4n) is 6.67. The van der Waals surface area contributed by atoms with Gasteiger partial charge in [-0.2, -0.15) is 0 Å². The minimum atomic E-state index is 0.805. The third kappa shape index (κ3) is 27.9. The second-order valence-corrected chi connectivity index (χ2v) is 14.4. The Morgan fingerprint density at radius 3 is 0.913 bits per heavy atom. The van der Waals surface area contributed by atoms with Gasteiger partial charge >= 0.3 is 0 Å². The lowest BCUT2D eigenvalue weighted by atomic mass is 10.0. The molecule has 0 saturated heterocycles. The summed E-state index contributed by atoms with van der Waals surface area (Å²) in [5, 5.41) is 0. The van der Waals surface area contributed by atoms with E-state index in [0.29, 0.717) is 0 Å². The van der Waals surface area contributed by atoms with Crippen LogP contribution in [0.3, 0.4) is 0 Å². The van der Waals surface area contributed by atoms with Crippen LogP contribution in [-0.2, 0) is 6.42 Å². The predicted molar refractivity (Wildman–Crippen MR) is 206 cm³/mol. The summed E-state index contributed by atoms with van der Waals surface area (Å²) in [4.78, 5) is 0. The van der Waals surface area contributed by atoms with Crippen LogP contribution in [-0.4, -0.2) is 13.2 Å². The summed E-state index contributed by atoms with van der Waals surface area (Å²) in [5.74, 6) is 1.89. The quantitative estimate of drug-likeness (QED) is 0.0672. The highest BCUT2D eigenvalue weighted by Crippen LogP contribution is 2.29. The molecule has 0 N–H and O–H groups in total. The van der Waals surface area contributed by atoms with E-state index in [1.807, 2.05) is 0 Å². The summed E-state index contributed by atoms with van der Waals surface area (Å²) in [7, 11) is 0. The van der Waals surface area contributed by atoms with Gasteiger partial charge in [0.05, 0.1) is 13.2 Å². The lowest BCUT2D eigenvalue weighted by Crippen LogP contribution is -2.03. The molecule has 0 saturated carbocycles. The first-order chi connectivity index (χ1) is 22.8. The van der Waals surface area contributed by atoms with Crippen molar-refractivity contribution in [3.05, 3.63) is 23.8 Å². The van der Waals surface area contributed by atoms with Gasteiger partial charge in [-0.25, -0.2) is 0 Å². The molecule has 0 unspecified atom stereocenters. The van der Waals surface area contributed by atoms with E-state index < -0.39 is 0 Å². The van der Waals surface area contributed by atoms with Crippen molar-refractivity contribution in [2.45, 2.75) is 233 Å². The zero-order chi connectivity index (χ0) is 33.0. The Morgan fingerprint density at radius 1 is 0.326 bits per heavy atom. The van der Waals surface area contributed by atoms with Crippen molar-refractivity contribution in [2.75, 3.05) is 13.2 Å². The van der Waals surface area contributed by atoms with Crippen LogP contribution in [0, 0.1) is 0 Å². The molecule has 0 aliphatic carbocycles. The van der Waals surface area contributed by atoms with E-state index in [2.05, 4.69) is 39.0 Å². The van der Waals surface area contributed by atoms with Crippen LogP contribution < -0.4 is 9.47 Å². The van der Waals surface area contributed by atoms with E-state index in [-0.39, 0.29) is 0 Å². The van der Waals surface area contributed by atoms with Crippen LogP contribution in [0.2, 0.25) is 0 Å². The maximum atomic E-state index is 6.26. The number of benzene rings is 1. The molecule has 0 aliphatic rings. The predicted octanol–water partition coefficient (Wildman–Crippen LogP) is 15.5. The van der Waals surface area contributed by atoms with Crippen LogP contribution >= 0.6 is 0 Å². The molecule has 1 aromatic carbocycles. The molecule has 0 radical (unpaired) electrons. The molecule has 270 valence electrons. The second-order valence-electron chi connectivity index (χ2n) is 14.4. The summed E-state index contributed by atoms with van der Waals surface area (Å²) in [5.41, 5.74) is 1.33. The van der Waals surface area contributed by atoms with Crippen LogP contribution in [0.15, 0.2) is 18.2 Å². The third-order valence-corrected chi connectivity index (χ3v) is 9.93. The average molecular weight is 643 g/mol. The van der Waals surface area contributed by atoms with Gasteiger partial charge in [0.15, 0.2) is 11.5 Å². The van der Waals surface area contributed by atoms with Crippen molar-refractivity contribution < 1.29 is 9.47 Å². The minimum Gasteiger partial charge on any atom is -0.490 e. The Bertz CT molecular complexity index is 729. The van der Waals surface area contributed by atoms with Gasteiger partial charge < -0.3 is 9.47 Å². The SMILES string of the molecule is CCCCCCCCCCCCCCCCCCOc1ccc(CC)cc1OCCCCCCCCCCCCCCCCCC. The molecule has 46 heavy (non-hydrogen) atoms. The van der Waals surface area contributed by atoms with Crippen molar-refractivity contribution in [2.24, 2.45) is 0 Å². The molecule has 0 aliphatic heterocycles. The van der Waals surface area contributed by atoms with Crippen LogP contribution in [0.1, 0.15) is 232 Å². The molecule has 0 atom stereocenters. The zero-order valence-corrected chi connectivity index (χ0v) is 31.8. The lowest BCUT2D eigenvalue weighted by molar-refractivity contribution is 0.258. The standard InChI is InChI=1S/C44H82O2/c1-4-7-9-11-13-15-17-19-21-23-25-27-29-31-33-35-39-45-43-38-37-42(6-3)41-44(43)46-40-36-34-32-30-28-26-24-22-20-18-16-14-12-10-8-5-2/h37-38,41H,4-36,39-40H2,1-3H3. The monoisotopic (exact) mass is 643 g/mol.